The van der Waals surface area contributed by atoms with E-state index < -0.39 is 5.69 Å². The van der Waals surface area contributed by atoms with Gasteiger partial charge in [-0.1, -0.05) is 0 Å². The van der Waals surface area contributed by atoms with Crippen LogP contribution in [0.25, 0.3) is 0 Å². The lowest BCUT2D eigenvalue weighted by Crippen LogP contribution is -2.11. The normalized spacial score (nSPS) is 9.40. The van der Waals surface area contributed by atoms with E-state index in [0.29, 0.717) is 4.47 Å². The predicted octanol–water partition coefficient (Wildman–Crippen LogP) is 0.334. The van der Waals surface area contributed by atoms with E-state index in [0.717, 1.165) is 0 Å². The quantitative estimate of drug-likeness (QED) is 0.578. The second-order valence-corrected chi connectivity index (χ2v) is 2.38. The molecule has 1 aromatic rings. The summed E-state index contributed by atoms with van der Waals surface area (Å²) in [7, 11) is 0. The zero-order chi connectivity index (χ0) is 7.56. The summed E-state index contributed by atoms with van der Waals surface area (Å²) in [6.07, 6.45) is 1.29. The smallest absolute Gasteiger partial charge is 0.290 e. The molecule has 0 saturated heterocycles. The molecule has 10 heavy (non-hydrogen) atoms. The molecular formula is C4H4BrN3O2. The molecule has 1 aromatic heterocycles. The number of anilines is 1. The third-order valence-corrected chi connectivity index (χ3v) is 1.48. The maximum atomic E-state index is 10.5. The zero-order valence-electron chi connectivity index (χ0n) is 4.76. The Labute approximate surface area is 64.2 Å². The van der Waals surface area contributed by atoms with Crippen LogP contribution in [0.3, 0.4) is 0 Å². The second kappa shape index (κ2) is 2.80. The number of H-pyrrole nitrogens is 1. The van der Waals surface area contributed by atoms with E-state index in [1.54, 1.807) is 5.48 Å². The highest BCUT2D eigenvalue weighted by Crippen LogP contribution is 2.14. The number of hydrogen-bond donors (Lipinski definition) is 3. The van der Waals surface area contributed by atoms with Gasteiger partial charge in [-0.05, 0) is 15.9 Å². The van der Waals surface area contributed by atoms with Gasteiger partial charge in [0.25, 0.3) is 0 Å². The monoisotopic (exact) mass is 205 g/mol. The molecule has 54 valence electrons. The van der Waals surface area contributed by atoms with Gasteiger partial charge >= 0.3 is 5.69 Å². The van der Waals surface area contributed by atoms with Gasteiger partial charge in [0, 0.05) is 0 Å². The Balaban J connectivity index is 3.22. The average molecular weight is 206 g/mol. The van der Waals surface area contributed by atoms with Crippen molar-refractivity contribution in [2.45, 2.75) is 0 Å². The van der Waals surface area contributed by atoms with Crippen molar-refractivity contribution < 1.29 is 5.21 Å². The molecule has 0 aliphatic heterocycles. The maximum absolute atomic E-state index is 10.5. The number of hydrogen-bond acceptors (Lipinski definition) is 4. The molecule has 0 unspecified atom stereocenters. The Kier molecular flexibility index (Phi) is 2.03. The predicted molar refractivity (Wildman–Crippen MR) is 38.0 cm³/mol. The van der Waals surface area contributed by atoms with Crippen LogP contribution < -0.4 is 11.2 Å². The highest BCUT2D eigenvalue weighted by molar-refractivity contribution is 9.10. The fourth-order valence-electron chi connectivity index (χ4n) is 0.460. The molecule has 0 aliphatic carbocycles. The van der Waals surface area contributed by atoms with Crippen molar-refractivity contribution in [3.8, 4) is 0 Å². The molecule has 0 fully saturated rings. The first kappa shape index (κ1) is 7.23. The van der Waals surface area contributed by atoms with Crippen LogP contribution in [-0.4, -0.2) is 15.2 Å². The van der Waals surface area contributed by atoms with E-state index in [9.17, 15) is 4.79 Å². The SMILES string of the molecule is O=c1ncc(Br)c(NO)[nH]1. The topological polar surface area (TPSA) is 78.0 Å². The summed E-state index contributed by atoms with van der Waals surface area (Å²) < 4.78 is 0.495. The van der Waals surface area contributed by atoms with Crippen molar-refractivity contribution in [1.29, 1.82) is 0 Å². The van der Waals surface area contributed by atoms with E-state index in [1.807, 2.05) is 0 Å². The molecule has 3 N–H and O–H groups in total. The van der Waals surface area contributed by atoms with Crippen molar-refractivity contribution in [2.75, 3.05) is 5.48 Å². The van der Waals surface area contributed by atoms with Crippen molar-refractivity contribution in [3.05, 3.63) is 21.2 Å². The molecule has 0 radical (unpaired) electrons. The fourth-order valence-corrected chi connectivity index (χ4v) is 0.750. The third-order valence-electron chi connectivity index (χ3n) is 0.878. The summed E-state index contributed by atoms with van der Waals surface area (Å²) >= 11 is 3.04. The van der Waals surface area contributed by atoms with Crippen LogP contribution in [0.2, 0.25) is 0 Å². The van der Waals surface area contributed by atoms with Crippen LogP contribution in [0.4, 0.5) is 5.82 Å². The molecule has 6 heteroatoms. The molecular weight excluding hydrogens is 202 g/mol. The minimum Gasteiger partial charge on any atom is -0.290 e. The van der Waals surface area contributed by atoms with Crippen LogP contribution in [0.15, 0.2) is 15.5 Å². The summed E-state index contributed by atoms with van der Waals surface area (Å²) in [5.74, 6) is 0.194. The number of nitrogens with one attached hydrogen (secondary N) is 2. The van der Waals surface area contributed by atoms with Crippen molar-refractivity contribution in [1.82, 2.24) is 9.97 Å². The van der Waals surface area contributed by atoms with Crippen molar-refractivity contribution in [2.24, 2.45) is 0 Å². The first-order chi connectivity index (χ1) is 4.74. The molecule has 0 aliphatic rings. The Morgan fingerprint density at radius 3 is 3.00 bits per heavy atom. The van der Waals surface area contributed by atoms with Crippen molar-refractivity contribution >= 4 is 21.7 Å². The summed E-state index contributed by atoms with van der Waals surface area (Å²) in [5.41, 5.74) is 1.28. The summed E-state index contributed by atoms with van der Waals surface area (Å²) in [5, 5.41) is 8.36. The first-order valence-corrected chi connectivity index (χ1v) is 3.18. The summed E-state index contributed by atoms with van der Waals surface area (Å²) in [4.78, 5) is 16.1. The summed E-state index contributed by atoms with van der Waals surface area (Å²) in [6, 6.07) is 0. The highest BCUT2D eigenvalue weighted by atomic mass is 79.9. The van der Waals surface area contributed by atoms with Gasteiger partial charge < -0.3 is 0 Å². The Hall–Kier alpha value is -0.880. The lowest BCUT2D eigenvalue weighted by atomic mass is 10.6. The Bertz CT molecular complexity index is 284. The van der Waals surface area contributed by atoms with Gasteiger partial charge in [0.2, 0.25) is 0 Å². The van der Waals surface area contributed by atoms with E-state index >= 15 is 0 Å². The molecule has 0 saturated carbocycles. The van der Waals surface area contributed by atoms with Gasteiger partial charge in [0.1, 0.15) is 5.82 Å². The minimum absolute atomic E-state index is 0.194. The van der Waals surface area contributed by atoms with Crippen molar-refractivity contribution in [3.63, 3.8) is 0 Å². The van der Waals surface area contributed by atoms with E-state index in [4.69, 9.17) is 5.21 Å². The number of aromatic nitrogens is 2. The third kappa shape index (κ3) is 1.34. The number of aromatic amines is 1. The van der Waals surface area contributed by atoms with Crippen LogP contribution >= 0.6 is 15.9 Å². The molecule has 0 bridgehead atoms. The molecule has 0 aromatic carbocycles. The molecule has 0 atom stereocenters. The molecule has 0 amide bonds. The Morgan fingerprint density at radius 1 is 1.80 bits per heavy atom. The summed E-state index contributed by atoms with van der Waals surface area (Å²) in [6.45, 7) is 0. The number of nitrogens with zero attached hydrogens (tertiary/aromatic N) is 1. The lowest BCUT2D eigenvalue weighted by Gasteiger charge is -1.97. The van der Waals surface area contributed by atoms with Gasteiger partial charge in [-0.2, -0.15) is 0 Å². The minimum atomic E-state index is -0.514. The van der Waals surface area contributed by atoms with Gasteiger partial charge in [-0.3, -0.25) is 15.7 Å². The largest absolute Gasteiger partial charge is 0.346 e. The van der Waals surface area contributed by atoms with Crippen LogP contribution in [0.1, 0.15) is 0 Å². The van der Waals surface area contributed by atoms with Crippen LogP contribution in [0.5, 0.6) is 0 Å². The van der Waals surface area contributed by atoms with Gasteiger partial charge in [-0.25, -0.2) is 9.78 Å². The van der Waals surface area contributed by atoms with Gasteiger partial charge in [0.15, 0.2) is 0 Å². The standard InChI is InChI=1S/C4H4BrN3O2/c5-2-1-6-4(9)7-3(2)8-10/h1,10H,(H2,6,7,8,9). The lowest BCUT2D eigenvalue weighted by molar-refractivity contribution is 0.385. The van der Waals surface area contributed by atoms with Crippen LogP contribution in [0, 0.1) is 0 Å². The van der Waals surface area contributed by atoms with Gasteiger partial charge in [-0.15, -0.1) is 0 Å². The molecule has 5 nitrogen and oxygen atoms in total. The van der Waals surface area contributed by atoms with E-state index in [2.05, 4.69) is 25.9 Å². The van der Waals surface area contributed by atoms with E-state index in [1.165, 1.54) is 6.20 Å². The second-order valence-electron chi connectivity index (χ2n) is 1.52. The average Bonchev–Trinajstić information content (AvgIpc) is 1.94. The first-order valence-electron chi connectivity index (χ1n) is 2.39. The zero-order valence-corrected chi connectivity index (χ0v) is 6.34. The van der Waals surface area contributed by atoms with Crippen LogP contribution in [-0.2, 0) is 0 Å². The Morgan fingerprint density at radius 2 is 2.50 bits per heavy atom. The van der Waals surface area contributed by atoms with Gasteiger partial charge in [0.05, 0.1) is 10.7 Å². The number of rotatable bonds is 1. The fraction of sp³-hybridized carbons (Fsp3) is 0. The molecule has 1 rings (SSSR count). The number of halogens is 1. The maximum Gasteiger partial charge on any atom is 0.346 e. The highest BCUT2D eigenvalue weighted by Gasteiger charge is 1.97. The molecule has 1 heterocycles. The molecule has 0 spiro atoms. The van der Waals surface area contributed by atoms with E-state index in [-0.39, 0.29) is 5.82 Å².